The van der Waals surface area contributed by atoms with E-state index in [4.69, 9.17) is 4.74 Å². The number of rotatable bonds is 6. The van der Waals surface area contributed by atoms with Crippen LogP contribution in [-0.4, -0.2) is 19.3 Å². The molecule has 2 heteroatoms. The van der Waals surface area contributed by atoms with Gasteiger partial charge in [-0.05, 0) is 55.2 Å². The molecule has 2 nitrogen and oxygen atoms in total. The molecule has 2 fully saturated rings. The Balaban J connectivity index is 1.80. The van der Waals surface area contributed by atoms with E-state index >= 15 is 0 Å². The molecule has 0 aromatic heterocycles. The first-order valence-electron chi connectivity index (χ1n) is 8.74. The molecule has 1 aliphatic carbocycles. The van der Waals surface area contributed by atoms with E-state index in [2.05, 4.69) is 43.4 Å². The molecule has 3 atom stereocenters. The van der Waals surface area contributed by atoms with Crippen LogP contribution in [0, 0.1) is 5.92 Å². The highest BCUT2D eigenvalue weighted by atomic mass is 16.5. The van der Waals surface area contributed by atoms with Crippen LogP contribution < -0.4 is 5.32 Å². The summed E-state index contributed by atoms with van der Waals surface area (Å²) in [5.41, 5.74) is 2.96. The van der Waals surface area contributed by atoms with E-state index in [0.29, 0.717) is 18.1 Å². The normalized spacial score (nSPS) is 27.5. The van der Waals surface area contributed by atoms with Gasteiger partial charge in [-0.1, -0.05) is 44.5 Å². The van der Waals surface area contributed by atoms with Crippen molar-refractivity contribution in [3.8, 4) is 0 Å². The fraction of sp³-hybridized carbons (Fsp3) is 0.684. The van der Waals surface area contributed by atoms with Gasteiger partial charge >= 0.3 is 0 Å². The second-order valence-corrected chi connectivity index (χ2v) is 6.83. The largest absolute Gasteiger partial charge is 0.376 e. The van der Waals surface area contributed by atoms with Crippen molar-refractivity contribution in [2.75, 3.05) is 13.2 Å². The molecule has 1 saturated heterocycles. The van der Waals surface area contributed by atoms with Gasteiger partial charge in [0.15, 0.2) is 0 Å². The summed E-state index contributed by atoms with van der Waals surface area (Å²) in [4.78, 5) is 0. The summed E-state index contributed by atoms with van der Waals surface area (Å²) >= 11 is 0. The molecule has 1 heterocycles. The SMILES string of the molecule is CCCNC(c1cccc(C2CCC2)c1)C1OCCC1C. The number of ether oxygens (including phenoxy) is 1. The van der Waals surface area contributed by atoms with Crippen molar-refractivity contribution < 1.29 is 4.74 Å². The minimum atomic E-state index is 0.327. The molecule has 0 radical (unpaired) electrons. The second-order valence-electron chi connectivity index (χ2n) is 6.83. The molecule has 116 valence electrons. The summed E-state index contributed by atoms with van der Waals surface area (Å²) < 4.78 is 6.06. The molecule has 3 unspecified atom stereocenters. The topological polar surface area (TPSA) is 21.3 Å². The quantitative estimate of drug-likeness (QED) is 0.836. The Labute approximate surface area is 129 Å². The monoisotopic (exact) mass is 287 g/mol. The molecule has 1 aromatic rings. The zero-order valence-electron chi connectivity index (χ0n) is 13.5. The van der Waals surface area contributed by atoms with E-state index < -0.39 is 0 Å². The van der Waals surface area contributed by atoms with Crippen LogP contribution in [0.2, 0.25) is 0 Å². The van der Waals surface area contributed by atoms with Crippen molar-refractivity contribution in [3.05, 3.63) is 35.4 Å². The first-order chi connectivity index (χ1) is 10.3. The van der Waals surface area contributed by atoms with Crippen molar-refractivity contribution in [1.82, 2.24) is 5.32 Å². The predicted molar refractivity (Wildman–Crippen MR) is 87.6 cm³/mol. The Morgan fingerprint density at radius 2 is 2.14 bits per heavy atom. The molecule has 0 bridgehead atoms. The number of benzene rings is 1. The smallest absolute Gasteiger partial charge is 0.0795 e. The molecule has 1 aromatic carbocycles. The second kappa shape index (κ2) is 6.93. The summed E-state index contributed by atoms with van der Waals surface area (Å²) in [6.45, 7) is 6.53. The lowest BCUT2D eigenvalue weighted by Gasteiger charge is -2.30. The lowest BCUT2D eigenvalue weighted by atomic mass is 9.79. The molecular weight excluding hydrogens is 258 g/mol. The Kier molecular flexibility index (Phi) is 4.97. The highest BCUT2D eigenvalue weighted by molar-refractivity contribution is 5.30. The summed E-state index contributed by atoms with van der Waals surface area (Å²) in [7, 11) is 0. The van der Waals surface area contributed by atoms with Gasteiger partial charge in [-0.3, -0.25) is 0 Å². The fourth-order valence-corrected chi connectivity index (χ4v) is 3.61. The van der Waals surface area contributed by atoms with Crippen LogP contribution in [0.5, 0.6) is 0 Å². The van der Waals surface area contributed by atoms with Gasteiger partial charge in [-0.2, -0.15) is 0 Å². The van der Waals surface area contributed by atoms with Gasteiger partial charge in [0.2, 0.25) is 0 Å². The van der Waals surface area contributed by atoms with Crippen molar-refractivity contribution in [1.29, 1.82) is 0 Å². The molecule has 1 N–H and O–H groups in total. The predicted octanol–water partition coefficient (Wildman–Crippen LogP) is 4.42. The molecule has 2 aliphatic rings. The van der Waals surface area contributed by atoms with Gasteiger partial charge < -0.3 is 10.1 Å². The van der Waals surface area contributed by atoms with E-state index in [-0.39, 0.29) is 0 Å². The first-order valence-corrected chi connectivity index (χ1v) is 8.74. The Morgan fingerprint density at radius 3 is 2.76 bits per heavy atom. The van der Waals surface area contributed by atoms with Gasteiger partial charge in [0.1, 0.15) is 0 Å². The number of nitrogens with one attached hydrogen (secondary N) is 1. The zero-order valence-corrected chi connectivity index (χ0v) is 13.5. The molecular formula is C19H29NO. The zero-order chi connectivity index (χ0) is 14.7. The third kappa shape index (κ3) is 3.32. The van der Waals surface area contributed by atoms with Crippen LogP contribution in [0.15, 0.2) is 24.3 Å². The van der Waals surface area contributed by atoms with E-state index in [1.165, 1.54) is 43.2 Å². The number of hydrogen-bond acceptors (Lipinski definition) is 2. The van der Waals surface area contributed by atoms with E-state index in [0.717, 1.165) is 19.1 Å². The number of hydrogen-bond donors (Lipinski definition) is 1. The minimum Gasteiger partial charge on any atom is -0.376 e. The summed E-state index contributed by atoms with van der Waals surface area (Å²) in [5, 5.41) is 3.74. The van der Waals surface area contributed by atoms with Gasteiger partial charge in [-0.25, -0.2) is 0 Å². The fourth-order valence-electron chi connectivity index (χ4n) is 3.61. The van der Waals surface area contributed by atoms with Crippen LogP contribution >= 0.6 is 0 Å². The lowest BCUT2D eigenvalue weighted by Crippen LogP contribution is -2.35. The van der Waals surface area contributed by atoms with Crippen LogP contribution in [0.25, 0.3) is 0 Å². The standard InChI is InChI=1S/C19H29NO/c1-3-11-20-18(19-14(2)10-12-21-19)17-9-5-8-16(13-17)15-6-4-7-15/h5,8-9,13-15,18-20H,3-4,6-7,10-12H2,1-2H3. The maximum atomic E-state index is 6.06. The highest BCUT2D eigenvalue weighted by Crippen LogP contribution is 2.38. The van der Waals surface area contributed by atoms with Crippen LogP contribution in [0.4, 0.5) is 0 Å². The minimum absolute atomic E-state index is 0.327. The van der Waals surface area contributed by atoms with Crippen molar-refractivity contribution in [2.24, 2.45) is 5.92 Å². The molecule has 21 heavy (non-hydrogen) atoms. The third-order valence-corrected chi connectivity index (χ3v) is 5.23. The molecule has 0 amide bonds. The third-order valence-electron chi connectivity index (χ3n) is 5.23. The van der Waals surface area contributed by atoms with Crippen molar-refractivity contribution in [2.45, 2.75) is 64.0 Å². The van der Waals surface area contributed by atoms with Crippen LogP contribution in [0.1, 0.15) is 69.0 Å². The van der Waals surface area contributed by atoms with Gasteiger partial charge in [0, 0.05) is 6.61 Å². The average Bonchev–Trinajstić information content (AvgIpc) is 2.84. The lowest BCUT2D eigenvalue weighted by molar-refractivity contribution is 0.0607. The first kappa shape index (κ1) is 15.1. The van der Waals surface area contributed by atoms with Gasteiger partial charge in [0.05, 0.1) is 12.1 Å². The van der Waals surface area contributed by atoms with E-state index in [9.17, 15) is 0 Å². The summed E-state index contributed by atoms with van der Waals surface area (Å²) in [6, 6.07) is 9.62. The Bertz CT molecular complexity index is 455. The maximum Gasteiger partial charge on any atom is 0.0795 e. The highest BCUT2D eigenvalue weighted by Gasteiger charge is 2.33. The Morgan fingerprint density at radius 1 is 1.29 bits per heavy atom. The average molecular weight is 287 g/mol. The Hall–Kier alpha value is -0.860. The molecule has 3 rings (SSSR count). The van der Waals surface area contributed by atoms with E-state index in [1.54, 1.807) is 0 Å². The molecule has 0 spiro atoms. The van der Waals surface area contributed by atoms with Crippen molar-refractivity contribution in [3.63, 3.8) is 0 Å². The summed E-state index contributed by atoms with van der Waals surface area (Å²) in [6.07, 6.45) is 6.82. The maximum absolute atomic E-state index is 6.06. The van der Waals surface area contributed by atoms with Crippen LogP contribution in [-0.2, 0) is 4.74 Å². The molecule has 1 saturated carbocycles. The van der Waals surface area contributed by atoms with E-state index in [1.807, 2.05) is 0 Å². The van der Waals surface area contributed by atoms with Gasteiger partial charge in [-0.15, -0.1) is 0 Å². The van der Waals surface area contributed by atoms with Crippen molar-refractivity contribution >= 4 is 0 Å². The summed E-state index contributed by atoms with van der Waals surface area (Å²) in [5.74, 6) is 1.45. The molecule has 1 aliphatic heterocycles. The van der Waals surface area contributed by atoms with Gasteiger partial charge in [0.25, 0.3) is 0 Å². The van der Waals surface area contributed by atoms with Crippen LogP contribution in [0.3, 0.4) is 0 Å².